The maximum absolute atomic E-state index is 12.5. The number of aromatic nitrogens is 1. The van der Waals surface area contributed by atoms with Crippen LogP contribution >= 0.6 is 0 Å². The molecule has 4 heteroatoms. The van der Waals surface area contributed by atoms with Crippen molar-refractivity contribution in [2.24, 2.45) is 0 Å². The molecule has 0 aliphatic heterocycles. The molecule has 0 atom stereocenters. The normalized spacial score (nSPS) is 10.4. The van der Waals surface area contributed by atoms with Crippen LogP contribution in [0.2, 0.25) is 0 Å². The molecule has 2 aromatic carbocycles. The molecule has 0 aliphatic rings. The minimum absolute atomic E-state index is 0.0911. The van der Waals surface area contributed by atoms with Gasteiger partial charge in [0, 0.05) is 19.3 Å². The standard InChI is InChI=1S/C22H23N3O/c1-16-9-10-19(13-17(16)2)24-20-11-12-21(23-14-20)22(26)25(3)15-18-7-5-4-6-8-18/h4-14,24H,15H2,1-3H3. The van der Waals surface area contributed by atoms with E-state index in [1.807, 2.05) is 42.5 Å². The SMILES string of the molecule is Cc1ccc(Nc2ccc(C(=O)N(C)Cc3ccccc3)nc2)cc1C. The Morgan fingerprint density at radius 2 is 1.69 bits per heavy atom. The Morgan fingerprint density at radius 3 is 2.35 bits per heavy atom. The Labute approximate surface area is 154 Å². The number of pyridine rings is 1. The second-order valence-electron chi connectivity index (χ2n) is 6.50. The van der Waals surface area contributed by atoms with Gasteiger partial charge in [-0.05, 0) is 54.8 Å². The lowest BCUT2D eigenvalue weighted by molar-refractivity contribution is 0.0779. The van der Waals surface area contributed by atoms with Crippen molar-refractivity contribution in [3.63, 3.8) is 0 Å². The number of amides is 1. The van der Waals surface area contributed by atoms with Crippen molar-refractivity contribution in [2.45, 2.75) is 20.4 Å². The van der Waals surface area contributed by atoms with Crippen molar-refractivity contribution in [3.05, 3.63) is 89.2 Å². The molecule has 0 spiro atoms. The summed E-state index contributed by atoms with van der Waals surface area (Å²) in [6, 6.07) is 19.8. The second-order valence-corrected chi connectivity index (χ2v) is 6.50. The largest absolute Gasteiger partial charge is 0.354 e. The summed E-state index contributed by atoms with van der Waals surface area (Å²) in [5, 5.41) is 3.32. The van der Waals surface area contributed by atoms with Gasteiger partial charge in [0.1, 0.15) is 5.69 Å². The number of carbonyl (C=O) groups is 1. The zero-order chi connectivity index (χ0) is 18.5. The van der Waals surface area contributed by atoms with Crippen LogP contribution in [0.4, 0.5) is 11.4 Å². The lowest BCUT2D eigenvalue weighted by atomic mass is 10.1. The molecule has 3 rings (SSSR count). The highest BCUT2D eigenvalue weighted by Gasteiger charge is 2.13. The lowest BCUT2D eigenvalue weighted by Crippen LogP contribution is -2.26. The number of carbonyl (C=O) groups excluding carboxylic acids is 1. The van der Waals surface area contributed by atoms with E-state index in [2.05, 4.69) is 36.3 Å². The first kappa shape index (κ1) is 17.7. The van der Waals surface area contributed by atoms with E-state index in [-0.39, 0.29) is 5.91 Å². The van der Waals surface area contributed by atoms with E-state index in [0.29, 0.717) is 12.2 Å². The Bertz CT molecular complexity index is 889. The fourth-order valence-electron chi connectivity index (χ4n) is 2.70. The van der Waals surface area contributed by atoms with Crippen LogP contribution in [0.5, 0.6) is 0 Å². The molecule has 0 saturated carbocycles. The van der Waals surface area contributed by atoms with Crippen LogP contribution in [0, 0.1) is 13.8 Å². The number of hydrogen-bond donors (Lipinski definition) is 1. The lowest BCUT2D eigenvalue weighted by Gasteiger charge is -2.17. The van der Waals surface area contributed by atoms with E-state index < -0.39 is 0 Å². The molecule has 0 radical (unpaired) electrons. The topological polar surface area (TPSA) is 45.2 Å². The van der Waals surface area contributed by atoms with Crippen molar-refractivity contribution in [1.29, 1.82) is 0 Å². The van der Waals surface area contributed by atoms with E-state index in [1.165, 1.54) is 11.1 Å². The molecule has 1 amide bonds. The van der Waals surface area contributed by atoms with Gasteiger partial charge in [0.05, 0.1) is 11.9 Å². The number of aryl methyl sites for hydroxylation is 2. The van der Waals surface area contributed by atoms with Gasteiger partial charge in [-0.1, -0.05) is 36.4 Å². The van der Waals surface area contributed by atoms with Gasteiger partial charge in [-0.2, -0.15) is 0 Å². The average Bonchev–Trinajstić information content (AvgIpc) is 2.65. The molecule has 1 N–H and O–H groups in total. The minimum atomic E-state index is -0.0911. The van der Waals surface area contributed by atoms with Crippen LogP contribution in [-0.4, -0.2) is 22.8 Å². The zero-order valence-electron chi connectivity index (χ0n) is 15.4. The monoisotopic (exact) mass is 345 g/mol. The first-order valence-corrected chi connectivity index (χ1v) is 8.62. The predicted octanol–water partition coefficient (Wildman–Crippen LogP) is 4.71. The molecule has 132 valence electrons. The van der Waals surface area contributed by atoms with Gasteiger partial charge in [-0.15, -0.1) is 0 Å². The quantitative estimate of drug-likeness (QED) is 0.728. The third-order valence-corrected chi connectivity index (χ3v) is 4.39. The molecule has 1 heterocycles. The number of hydrogen-bond acceptors (Lipinski definition) is 3. The van der Waals surface area contributed by atoms with Crippen LogP contribution in [0.25, 0.3) is 0 Å². The maximum Gasteiger partial charge on any atom is 0.272 e. The summed E-state index contributed by atoms with van der Waals surface area (Å²) in [4.78, 5) is 18.5. The van der Waals surface area contributed by atoms with Gasteiger partial charge in [0.25, 0.3) is 5.91 Å². The molecule has 0 bridgehead atoms. The smallest absolute Gasteiger partial charge is 0.272 e. The molecule has 0 aliphatic carbocycles. The highest BCUT2D eigenvalue weighted by Crippen LogP contribution is 2.19. The summed E-state index contributed by atoms with van der Waals surface area (Å²) < 4.78 is 0. The van der Waals surface area contributed by atoms with Gasteiger partial charge in [0.2, 0.25) is 0 Å². The summed E-state index contributed by atoms with van der Waals surface area (Å²) in [5.74, 6) is -0.0911. The highest BCUT2D eigenvalue weighted by atomic mass is 16.2. The van der Waals surface area contributed by atoms with Gasteiger partial charge in [-0.3, -0.25) is 4.79 Å². The summed E-state index contributed by atoms with van der Waals surface area (Å²) in [5.41, 5.74) is 5.89. The van der Waals surface area contributed by atoms with Gasteiger partial charge < -0.3 is 10.2 Å². The first-order valence-electron chi connectivity index (χ1n) is 8.62. The molecular weight excluding hydrogens is 322 g/mol. The van der Waals surface area contributed by atoms with Crippen LogP contribution in [0.3, 0.4) is 0 Å². The summed E-state index contributed by atoms with van der Waals surface area (Å²) >= 11 is 0. The Kier molecular flexibility index (Phi) is 5.32. The zero-order valence-corrected chi connectivity index (χ0v) is 15.4. The fourth-order valence-corrected chi connectivity index (χ4v) is 2.70. The van der Waals surface area contributed by atoms with Crippen molar-refractivity contribution in [3.8, 4) is 0 Å². The molecule has 1 aromatic heterocycles. The summed E-state index contributed by atoms with van der Waals surface area (Å²) in [6.45, 7) is 4.74. The molecule has 4 nitrogen and oxygen atoms in total. The van der Waals surface area contributed by atoms with Crippen molar-refractivity contribution in [2.75, 3.05) is 12.4 Å². The maximum atomic E-state index is 12.5. The van der Waals surface area contributed by atoms with E-state index in [9.17, 15) is 4.79 Å². The van der Waals surface area contributed by atoms with E-state index in [0.717, 1.165) is 16.9 Å². The highest BCUT2D eigenvalue weighted by molar-refractivity contribution is 5.92. The number of anilines is 2. The van der Waals surface area contributed by atoms with Crippen LogP contribution in [0.1, 0.15) is 27.2 Å². The van der Waals surface area contributed by atoms with Crippen LogP contribution in [-0.2, 0) is 6.54 Å². The third-order valence-electron chi connectivity index (χ3n) is 4.39. The second kappa shape index (κ2) is 7.83. The van der Waals surface area contributed by atoms with E-state index in [1.54, 1.807) is 24.2 Å². The molecule has 26 heavy (non-hydrogen) atoms. The number of rotatable bonds is 5. The van der Waals surface area contributed by atoms with Gasteiger partial charge in [0.15, 0.2) is 0 Å². The Morgan fingerprint density at radius 1 is 0.962 bits per heavy atom. The first-order chi connectivity index (χ1) is 12.5. The van der Waals surface area contributed by atoms with Gasteiger partial charge >= 0.3 is 0 Å². The van der Waals surface area contributed by atoms with Crippen LogP contribution < -0.4 is 5.32 Å². The van der Waals surface area contributed by atoms with Crippen molar-refractivity contribution < 1.29 is 4.79 Å². The Balaban J connectivity index is 1.66. The number of nitrogens with zero attached hydrogens (tertiary/aromatic N) is 2. The minimum Gasteiger partial charge on any atom is -0.354 e. The number of benzene rings is 2. The molecule has 0 saturated heterocycles. The van der Waals surface area contributed by atoms with E-state index >= 15 is 0 Å². The van der Waals surface area contributed by atoms with Crippen molar-refractivity contribution >= 4 is 17.3 Å². The van der Waals surface area contributed by atoms with E-state index in [4.69, 9.17) is 0 Å². The fraction of sp³-hybridized carbons (Fsp3) is 0.182. The Hall–Kier alpha value is -3.14. The summed E-state index contributed by atoms with van der Waals surface area (Å²) in [6.07, 6.45) is 1.69. The summed E-state index contributed by atoms with van der Waals surface area (Å²) in [7, 11) is 1.79. The predicted molar refractivity (Wildman–Crippen MR) is 106 cm³/mol. The van der Waals surface area contributed by atoms with Gasteiger partial charge in [-0.25, -0.2) is 4.98 Å². The average molecular weight is 345 g/mol. The van der Waals surface area contributed by atoms with Crippen LogP contribution in [0.15, 0.2) is 66.9 Å². The molecule has 0 unspecified atom stereocenters. The van der Waals surface area contributed by atoms with Crippen molar-refractivity contribution in [1.82, 2.24) is 9.88 Å². The molecule has 0 fully saturated rings. The molecule has 3 aromatic rings. The third kappa shape index (κ3) is 4.28. The molecular formula is C22H23N3O. The number of nitrogens with one attached hydrogen (secondary N) is 1.